The van der Waals surface area contributed by atoms with Crippen molar-refractivity contribution in [3.05, 3.63) is 35.9 Å². The molecule has 1 N–H and O–H groups in total. The molecule has 0 spiro atoms. The van der Waals surface area contributed by atoms with E-state index in [-0.39, 0.29) is 18.1 Å². The number of aliphatic hydroxyl groups excluding tert-OH is 1. The van der Waals surface area contributed by atoms with E-state index < -0.39 is 29.6 Å². The van der Waals surface area contributed by atoms with Gasteiger partial charge in [-0.25, -0.2) is 0 Å². The van der Waals surface area contributed by atoms with Gasteiger partial charge in [-0.1, -0.05) is 37.3 Å². The van der Waals surface area contributed by atoms with Crippen molar-refractivity contribution in [3.63, 3.8) is 0 Å². The summed E-state index contributed by atoms with van der Waals surface area (Å²) in [4.78, 5) is 27.9. The first kappa shape index (κ1) is 24.4. The maximum Gasteiger partial charge on any atom is 0.323 e. The third kappa shape index (κ3) is 6.54. The summed E-state index contributed by atoms with van der Waals surface area (Å²) < 4.78 is 11.2. The van der Waals surface area contributed by atoms with E-state index in [0.717, 1.165) is 5.56 Å². The van der Waals surface area contributed by atoms with E-state index in [0.29, 0.717) is 25.8 Å². The van der Waals surface area contributed by atoms with Crippen molar-refractivity contribution in [2.75, 3.05) is 0 Å². The van der Waals surface area contributed by atoms with E-state index in [1.807, 2.05) is 76.8 Å². The second-order valence-electron chi connectivity index (χ2n) is 9.34. The van der Waals surface area contributed by atoms with Gasteiger partial charge in [0.05, 0.1) is 18.1 Å². The van der Waals surface area contributed by atoms with Crippen LogP contribution in [0.4, 0.5) is 0 Å². The number of hydrogen-bond acceptors (Lipinski definition) is 6. The molecule has 1 aromatic carbocycles. The van der Waals surface area contributed by atoms with E-state index in [4.69, 9.17) is 9.47 Å². The first-order valence-corrected chi connectivity index (χ1v) is 10.9. The Morgan fingerprint density at radius 1 is 1.17 bits per heavy atom. The molecule has 1 fully saturated rings. The molecule has 0 saturated carbocycles. The van der Waals surface area contributed by atoms with Gasteiger partial charge in [-0.3, -0.25) is 14.5 Å². The Labute approximate surface area is 180 Å². The molecule has 30 heavy (non-hydrogen) atoms. The number of rotatable bonds is 8. The van der Waals surface area contributed by atoms with Crippen LogP contribution < -0.4 is 0 Å². The van der Waals surface area contributed by atoms with Crippen LogP contribution in [0, 0.1) is 5.92 Å². The van der Waals surface area contributed by atoms with E-state index in [2.05, 4.69) is 0 Å². The van der Waals surface area contributed by atoms with Crippen molar-refractivity contribution in [1.29, 1.82) is 0 Å². The van der Waals surface area contributed by atoms with Gasteiger partial charge in [-0.2, -0.15) is 0 Å². The molecule has 0 aromatic heterocycles. The summed E-state index contributed by atoms with van der Waals surface area (Å²) in [6.07, 6.45) is 0.575. The number of nitrogens with zero attached hydrogens (tertiary/aromatic N) is 1. The van der Waals surface area contributed by atoms with E-state index in [1.165, 1.54) is 0 Å². The van der Waals surface area contributed by atoms with Crippen molar-refractivity contribution in [2.24, 2.45) is 5.92 Å². The highest BCUT2D eigenvalue weighted by Gasteiger charge is 2.47. The number of carbonyl (C=O) groups excluding carboxylic acids is 2. The lowest BCUT2D eigenvalue weighted by Crippen LogP contribution is -2.50. The maximum absolute atomic E-state index is 13.1. The number of hydrogen-bond donors (Lipinski definition) is 1. The number of benzene rings is 1. The van der Waals surface area contributed by atoms with Gasteiger partial charge in [0.15, 0.2) is 0 Å². The van der Waals surface area contributed by atoms with E-state index >= 15 is 0 Å². The number of esters is 2. The van der Waals surface area contributed by atoms with Crippen LogP contribution in [-0.2, 0) is 25.6 Å². The summed E-state index contributed by atoms with van der Waals surface area (Å²) in [6, 6.07) is 9.09. The molecule has 1 heterocycles. The number of carbonyl (C=O) groups is 2. The molecule has 0 bridgehead atoms. The minimum Gasteiger partial charge on any atom is -0.462 e. The monoisotopic (exact) mass is 419 g/mol. The molecule has 1 aromatic rings. The Balaban J connectivity index is 2.36. The predicted molar refractivity (Wildman–Crippen MR) is 116 cm³/mol. The molecule has 2 rings (SSSR count). The van der Waals surface area contributed by atoms with Crippen molar-refractivity contribution in [2.45, 2.75) is 97.2 Å². The summed E-state index contributed by atoms with van der Waals surface area (Å²) in [5.74, 6) is -1.43. The third-order valence-corrected chi connectivity index (χ3v) is 5.32. The van der Waals surface area contributed by atoms with Gasteiger partial charge in [0, 0.05) is 12.6 Å². The summed E-state index contributed by atoms with van der Waals surface area (Å²) in [7, 11) is 0. The Hall–Kier alpha value is -1.92. The average molecular weight is 420 g/mol. The molecule has 0 amide bonds. The Morgan fingerprint density at radius 3 is 2.33 bits per heavy atom. The highest BCUT2D eigenvalue weighted by molar-refractivity contribution is 5.78. The minimum absolute atomic E-state index is 0.210. The van der Waals surface area contributed by atoms with Gasteiger partial charge in [-0.15, -0.1) is 0 Å². The summed E-state index contributed by atoms with van der Waals surface area (Å²) >= 11 is 0. The highest BCUT2D eigenvalue weighted by Crippen LogP contribution is 2.35. The van der Waals surface area contributed by atoms with Gasteiger partial charge in [0.2, 0.25) is 0 Å². The van der Waals surface area contributed by atoms with Gasteiger partial charge < -0.3 is 14.6 Å². The number of likely N-dealkylation sites (tertiary alicyclic amines) is 1. The summed E-state index contributed by atoms with van der Waals surface area (Å²) in [6.45, 7) is 11.5. The van der Waals surface area contributed by atoms with Crippen molar-refractivity contribution in [3.8, 4) is 0 Å². The largest absolute Gasteiger partial charge is 0.462 e. The second-order valence-corrected chi connectivity index (χ2v) is 9.34. The maximum atomic E-state index is 13.1. The number of aliphatic hydroxyl groups is 1. The molecule has 6 nitrogen and oxygen atoms in total. The molecule has 6 heteroatoms. The van der Waals surface area contributed by atoms with Gasteiger partial charge in [0.25, 0.3) is 0 Å². The molecule has 1 aliphatic rings. The van der Waals surface area contributed by atoms with Crippen LogP contribution in [0.3, 0.4) is 0 Å². The Bertz CT molecular complexity index is 697. The molecular formula is C24H37NO5. The molecule has 1 saturated heterocycles. The minimum atomic E-state index is -0.844. The van der Waals surface area contributed by atoms with Crippen LogP contribution >= 0.6 is 0 Å². The van der Waals surface area contributed by atoms with Gasteiger partial charge >= 0.3 is 11.9 Å². The topological polar surface area (TPSA) is 76.1 Å². The van der Waals surface area contributed by atoms with E-state index in [1.54, 1.807) is 0 Å². The molecular weight excluding hydrogens is 382 g/mol. The lowest BCUT2D eigenvalue weighted by atomic mass is 9.90. The van der Waals surface area contributed by atoms with Crippen LogP contribution in [0.15, 0.2) is 30.3 Å². The molecule has 1 aliphatic heterocycles. The van der Waals surface area contributed by atoms with Crippen molar-refractivity contribution in [1.82, 2.24) is 4.90 Å². The normalized spacial score (nSPS) is 22.0. The Kier molecular flexibility index (Phi) is 8.44. The molecule has 4 atom stereocenters. The zero-order valence-electron chi connectivity index (χ0n) is 19.1. The van der Waals surface area contributed by atoms with Crippen molar-refractivity contribution >= 4 is 11.9 Å². The first-order valence-electron chi connectivity index (χ1n) is 10.9. The average Bonchev–Trinajstić information content (AvgIpc) is 3.03. The fourth-order valence-electron chi connectivity index (χ4n) is 4.06. The smallest absolute Gasteiger partial charge is 0.323 e. The highest BCUT2D eigenvalue weighted by atomic mass is 16.6. The molecule has 0 radical (unpaired) electrons. The van der Waals surface area contributed by atoms with Crippen molar-refractivity contribution < 1.29 is 24.2 Å². The van der Waals surface area contributed by atoms with Gasteiger partial charge in [-0.05, 0) is 59.4 Å². The lowest BCUT2D eigenvalue weighted by molar-refractivity contribution is -0.169. The lowest BCUT2D eigenvalue weighted by Gasteiger charge is -2.36. The van der Waals surface area contributed by atoms with E-state index in [9.17, 15) is 14.7 Å². The summed E-state index contributed by atoms with van der Waals surface area (Å²) in [5.41, 5.74) is 0.391. The summed E-state index contributed by atoms with van der Waals surface area (Å²) in [5, 5.41) is 10.8. The fraction of sp³-hybridized carbons (Fsp3) is 0.667. The van der Waals surface area contributed by atoms with Crippen LogP contribution in [0.1, 0.15) is 66.4 Å². The van der Waals surface area contributed by atoms with Crippen LogP contribution in [-0.4, -0.2) is 51.8 Å². The zero-order chi connectivity index (χ0) is 22.5. The quantitative estimate of drug-likeness (QED) is 0.648. The number of ether oxygens (including phenoxy) is 2. The van der Waals surface area contributed by atoms with Crippen LogP contribution in [0.2, 0.25) is 0 Å². The van der Waals surface area contributed by atoms with Crippen LogP contribution in [0.5, 0.6) is 0 Å². The molecule has 168 valence electrons. The molecule has 0 unspecified atom stereocenters. The SMILES string of the molecule is CC[C@@H](O)[C@@H](C(=O)OC(C)(C)C)[C@H]1CC[C@@H](C(=O)OC(C)C)N1Cc1ccccc1. The Morgan fingerprint density at radius 2 is 1.80 bits per heavy atom. The van der Waals surface area contributed by atoms with Gasteiger partial charge in [0.1, 0.15) is 11.6 Å². The van der Waals surface area contributed by atoms with Crippen LogP contribution in [0.25, 0.3) is 0 Å². The third-order valence-electron chi connectivity index (χ3n) is 5.32. The zero-order valence-corrected chi connectivity index (χ0v) is 19.1. The fourth-order valence-corrected chi connectivity index (χ4v) is 4.06. The predicted octanol–water partition coefficient (Wildman–Crippen LogP) is 3.70. The standard InChI is InChI=1S/C24H37NO5/c1-7-20(26)21(23(28)30-24(4,5)6)18-13-14-19(22(27)29-16(2)3)25(18)15-17-11-9-8-10-12-17/h8-12,16,18-21,26H,7,13-15H2,1-6H3/t18-,19+,20-,21+/m1/s1. The molecule has 0 aliphatic carbocycles. The first-order chi connectivity index (χ1) is 14.0. The second kappa shape index (κ2) is 10.4.